The van der Waals surface area contributed by atoms with Crippen molar-refractivity contribution in [3.05, 3.63) is 0 Å². The Hall–Kier alpha value is 0.648. The van der Waals surface area contributed by atoms with E-state index in [4.69, 9.17) is 5.73 Å². The number of nitrogens with two attached hydrogens (primary N) is 1. The van der Waals surface area contributed by atoms with Gasteiger partial charge in [-0.25, -0.2) is 0 Å². The van der Waals surface area contributed by atoms with Gasteiger partial charge in [0.15, 0.2) is 0 Å². The second-order valence-electron chi connectivity index (χ2n) is 1.50. The van der Waals surface area contributed by atoms with E-state index < -0.39 is 0 Å². The quantitative estimate of drug-likeness (QED) is 0.515. The minimum absolute atomic E-state index is 0. The number of hydrogen-bond donors (Lipinski definition) is 1. The normalized spacial score (nSPS) is 7.71. The van der Waals surface area contributed by atoms with Crippen molar-refractivity contribution in [1.82, 2.24) is 0 Å². The minimum Gasteiger partial charge on any atom is -0.330 e. The zero-order chi connectivity index (χ0) is 4.83. The maximum absolute atomic E-state index is 5.21. The van der Waals surface area contributed by atoms with Crippen molar-refractivity contribution in [2.75, 3.05) is 6.54 Å². The van der Waals surface area contributed by atoms with Crippen molar-refractivity contribution in [2.24, 2.45) is 5.73 Å². The molecule has 0 unspecified atom stereocenters. The van der Waals surface area contributed by atoms with Crippen LogP contribution in [-0.4, -0.2) is 6.54 Å². The van der Waals surface area contributed by atoms with Crippen molar-refractivity contribution >= 4 is 0 Å². The predicted octanol–water partition coefficient (Wildman–Crippen LogP) is 1.13. The third-order valence-corrected chi connectivity index (χ3v) is 0.808. The van der Waals surface area contributed by atoms with Crippen LogP contribution in [0.2, 0.25) is 0 Å². The van der Waals surface area contributed by atoms with E-state index in [2.05, 4.69) is 6.92 Å². The van der Waals surface area contributed by atoms with Gasteiger partial charge in [-0.15, -0.1) is 0 Å². The average Bonchev–Trinajstić information content (AvgIpc) is 1.61. The predicted molar refractivity (Wildman–Crippen MR) is 28.6 cm³/mol. The van der Waals surface area contributed by atoms with Crippen LogP contribution >= 0.6 is 0 Å². The summed E-state index contributed by atoms with van der Waals surface area (Å²) >= 11 is 0. The van der Waals surface area contributed by atoms with Crippen molar-refractivity contribution in [3.8, 4) is 0 Å². The summed E-state index contributed by atoms with van der Waals surface area (Å²) < 4.78 is 0. The minimum atomic E-state index is 0. The van der Waals surface area contributed by atoms with Gasteiger partial charge < -0.3 is 5.73 Å². The number of unbranched alkanes of at least 4 members (excludes halogenated alkanes) is 2. The van der Waals surface area contributed by atoms with Crippen molar-refractivity contribution in [3.63, 3.8) is 0 Å². The fourth-order valence-corrected chi connectivity index (χ4v) is 0.394. The van der Waals surface area contributed by atoms with Crippen molar-refractivity contribution < 1.29 is 21.1 Å². The Morgan fingerprint density at radius 1 is 1.29 bits per heavy atom. The summed E-state index contributed by atoms with van der Waals surface area (Å²) in [6.45, 7) is 3.03. The monoisotopic (exact) mass is 185 g/mol. The average molecular weight is 183 g/mol. The molecule has 0 aliphatic rings. The van der Waals surface area contributed by atoms with Crippen molar-refractivity contribution in [2.45, 2.75) is 26.2 Å². The summed E-state index contributed by atoms with van der Waals surface area (Å²) in [6.07, 6.45) is 3.75. The Morgan fingerprint density at radius 3 is 2.00 bits per heavy atom. The van der Waals surface area contributed by atoms with Gasteiger partial charge in [0, 0.05) is 21.1 Å². The van der Waals surface area contributed by atoms with Crippen LogP contribution in [-0.2, 0) is 21.1 Å². The molecule has 0 rings (SSSR count). The van der Waals surface area contributed by atoms with E-state index in [-0.39, 0.29) is 21.1 Å². The Labute approximate surface area is 59.9 Å². The van der Waals surface area contributed by atoms with E-state index >= 15 is 0 Å². The van der Waals surface area contributed by atoms with Gasteiger partial charge in [0.2, 0.25) is 0 Å². The Kier molecular flexibility index (Phi) is 14.9. The summed E-state index contributed by atoms with van der Waals surface area (Å²) in [5, 5.41) is 0. The maximum Gasteiger partial charge on any atom is 0 e. The molecular weight excluding hydrogens is 170 g/mol. The summed E-state index contributed by atoms with van der Waals surface area (Å²) in [4.78, 5) is 0. The van der Waals surface area contributed by atoms with Crippen LogP contribution in [0.15, 0.2) is 0 Å². The molecule has 0 bridgehead atoms. The van der Waals surface area contributed by atoms with E-state index in [9.17, 15) is 0 Å². The van der Waals surface area contributed by atoms with Crippen LogP contribution in [0.1, 0.15) is 26.2 Å². The first kappa shape index (κ1) is 10.6. The van der Waals surface area contributed by atoms with Gasteiger partial charge in [-0.2, -0.15) is 0 Å². The molecule has 0 spiro atoms. The topological polar surface area (TPSA) is 26.0 Å². The number of rotatable bonds is 3. The fraction of sp³-hybridized carbons (Fsp3) is 1.00. The molecule has 1 nitrogen and oxygen atoms in total. The Balaban J connectivity index is 0. The van der Waals surface area contributed by atoms with Gasteiger partial charge in [0.05, 0.1) is 0 Å². The van der Waals surface area contributed by atoms with Crippen molar-refractivity contribution in [1.29, 1.82) is 0 Å². The zero-order valence-electron chi connectivity index (χ0n) is 4.81. The van der Waals surface area contributed by atoms with E-state index in [1.54, 1.807) is 0 Å². The molecule has 0 fully saturated rings. The molecule has 44 valence electrons. The van der Waals surface area contributed by atoms with Gasteiger partial charge in [-0.05, 0) is 13.0 Å². The van der Waals surface area contributed by atoms with Gasteiger partial charge >= 0.3 is 0 Å². The molecule has 0 amide bonds. The van der Waals surface area contributed by atoms with E-state index in [0.717, 1.165) is 6.54 Å². The van der Waals surface area contributed by atoms with Crippen LogP contribution in [0.4, 0.5) is 0 Å². The second-order valence-corrected chi connectivity index (χ2v) is 1.50. The fourth-order valence-electron chi connectivity index (χ4n) is 0.394. The number of hydrogen-bond acceptors (Lipinski definition) is 1. The first-order valence-electron chi connectivity index (χ1n) is 2.62. The molecule has 0 aliphatic carbocycles. The first-order chi connectivity index (χ1) is 2.91. The SMILES string of the molecule is CCCCCN.[Mo]. The van der Waals surface area contributed by atoms with Gasteiger partial charge in [-0.1, -0.05) is 19.8 Å². The molecule has 0 saturated heterocycles. The van der Waals surface area contributed by atoms with Gasteiger partial charge in [0.25, 0.3) is 0 Å². The molecule has 2 heteroatoms. The Bertz CT molecular complexity index is 20.0. The molecule has 0 aromatic heterocycles. The summed E-state index contributed by atoms with van der Waals surface area (Å²) in [6, 6.07) is 0. The zero-order valence-corrected chi connectivity index (χ0v) is 6.82. The third kappa shape index (κ3) is 10.8. The first-order valence-corrected chi connectivity index (χ1v) is 2.62. The van der Waals surface area contributed by atoms with Gasteiger partial charge in [-0.3, -0.25) is 0 Å². The van der Waals surface area contributed by atoms with Crippen LogP contribution in [0, 0.1) is 0 Å². The molecule has 2 N–H and O–H groups in total. The molecule has 7 heavy (non-hydrogen) atoms. The van der Waals surface area contributed by atoms with Crippen LogP contribution in [0.5, 0.6) is 0 Å². The molecule has 0 aromatic rings. The maximum atomic E-state index is 5.21. The smallest absolute Gasteiger partial charge is 0 e. The van der Waals surface area contributed by atoms with Crippen LogP contribution in [0.3, 0.4) is 0 Å². The summed E-state index contributed by atoms with van der Waals surface area (Å²) in [7, 11) is 0. The second kappa shape index (κ2) is 9.82. The summed E-state index contributed by atoms with van der Waals surface area (Å²) in [5.41, 5.74) is 5.21. The molecule has 0 radical (unpaired) electrons. The third-order valence-electron chi connectivity index (χ3n) is 0.808. The largest absolute Gasteiger partial charge is 0.330 e. The molecule has 0 aliphatic heterocycles. The van der Waals surface area contributed by atoms with E-state index in [1.807, 2.05) is 0 Å². The van der Waals surface area contributed by atoms with Crippen LogP contribution in [0.25, 0.3) is 0 Å². The van der Waals surface area contributed by atoms with E-state index in [1.165, 1.54) is 19.3 Å². The van der Waals surface area contributed by atoms with Crippen LogP contribution < -0.4 is 5.73 Å². The molecule has 0 aromatic carbocycles. The molecular formula is C5H13MoN. The summed E-state index contributed by atoms with van der Waals surface area (Å²) in [5.74, 6) is 0. The van der Waals surface area contributed by atoms with E-state index in [0.29, 0.717) is 0 Å². The standard InChI is InChI=1S/C5H13N.Mo/c1-2-3-4-5-6;/h2-6H2,1H3;. The van der Waals surface area contributed by atoms with Gasteiger partial charge in [0.1, 0.15) is 0 Å². The molecule has 0 saturated carbocycles. The Morgan fingerprint density at radius 2 is 1.86 bits per heavy atom. The molecule has 0 heterocycles. The molecule has 0 atom stereocenters.